The number of aromatic nitrogens is 1. The number of carbonyl (C=O) groups is 3. The molecule has 1 aromatic heterocycles. The van der Waals surface area contributed by atoms with E-state index in [9.17, 15) is 19.5 Å². The normalized spacial score (nSPS) is 16.2. The van der Waals surface area contributed by atoms with E-state index in [-0.39, 0.29) is 27.9 Å². The molecule has 0 aliphatic carbocycles. The van der Waals surface area contributed by atoms with Crippen molar-refractivity contribution >= 4 is 39.9 Å². The summed E-state index contributed by atoms with van der Waals surface area (Å²) in [6, 6.07) is 12.6. The molecule has 1 N–H and O–H groups in total. The van der Waals surface area contributed by atoms with E-state index in [0.29, 0.717) is 41.5 Å². The molecular weight excluding hydrogens is 532 g/mol. The average Bonchev–Trinajstić information content (AvgIpc) is 3.47. The summed E-state index contributed by atoms with van der Waals surface area (Å²) in [6.07, 6.45) is 2.24. The summed E-state index contributed by atoms with van der Waals surface area (Å²) < 4.78 is 16.4. The molecule has 1 amide bonds. The number of rotatable bonds is 11. The van der Waals surface area contributed by atoms with Gasteiger partial charge in [0.1, 0.15) is 28.7 Å². The number of nitrogens with zero attached hydrogens (tertiary/aromatic N) is 2. The van der Waals surface area contributed by atoms with E-state index >= 15 is 0 Å². The van der Waals surface area contributed by atoms with Crippen molar-refractivity contribution in [2.75, 3.05) is 24.7 Å². The van der Waals surface area contributed by atoms with Crippen molar-refractivity contribution in [1.29, 1.82) is 0 Å². The van der Waals surface area contributed by atoms with E-state index in [0.717, 1.165) is 17.8 Å². The third-order valence-electron chi connectivity index (χ3n) is 6.04. The minimum atomic E-state index is -1.03. The highest BCUT2D eigenvalue weighted by Crippen LogP contribution is 2.44. The summed E-state index contributed by atoms with van der Waals surface area (Å²) >= 11 is 0.935. The molecule has 1 unspecified atom stereocenters. The number of benzene rings is 2. The van der Waals surface area contributed by atoms with Crippen molar-refractivity contribution in [1.82, 2.24) is 4.98 Å². The van der Waals surface area contributed by atoms with E-state index in [4.69, 9.17) is 14.2 Å². The smallest absolute Gasteiger partial charge is 0.350 e. The Labute approximate surface area is 236 Å². The molecule has 3 aromatic rings. The molecule has 9 nitrogen and oxygen atoms in total. The number of aliphatic hydroxyl groups is 1. The monoisotopic (exact) mass is 562 g/mol. The van der Waals surface area contributed by atoms with Crippen LogP contribution in [0.1, 0.15) is 52.8 Å². The number of ketones is 1. The molecule has 0 bridgehead atoms. The molecule has 1 fully saturated rings. The van der Waals surface area contributed by atoms with Crippen LogP contribution in [-0.4, -0.2) is 47.6 Å². The van der Waals surface area contributed by atoms with E-state index < -0.39 is 23.7 Å². The summed E-state index contributed by atoms with van der Waals surface area (Å²) in [4.78, 5) is 45.4. The number of aryl methyl sites for hydroxylation is 1. The van der Waals surface area contributed by atoms with Crippen LogP contribution in [0.25, 0.3) is 5.76 Å². The maximum atomic E-state index is 13.5. The van der Waals surface area contributed by atoms with Crippen LogP contribution in [0.5, 0.6) is 11.5 Å². The molecule has 1 aliphatic rings. The van der Waals surface area contributed by atoms with E-state index in [1.165, 1.54) is 11.0 Å². The number of hydrogen-bond donors (Lipinski definition) is 1. The second-order valence-electron chi connectivity index (χ2n) is 8.85. The summed E-state index contributed by atoms with van der Waals surface area (Å²) in [5.41, 5.74) is 1.12. The average molecular weight is 563 g/mol. The lowest BCUT2D eigenvalue weighted by Crippen LogP contribution is -2.29. The zero-order chi connectivity index (χ0) is 28.8. The van der Waals surface area contributed by atoms with Gasteiger partial charge in [-0.05, 0) is 62.2 Å². The van der Waals surface area contributed by atoms with Crippen LogP contribution >= 0.6 is 11.3 Å². The summed E-state index contributed by atoms with van der Waals surface area (Å²) in [7, 11) is 0. The van der Waals surface area contributed by atoms with Gasteiger partial charge in [0.05, 0.1) is 30.5 Å². The number of Topliss-reactive ketones (excluding diaryl/α,β-unsaturated/α-hetero) is 1. The Hall–Kier alpha value is -4.44. The lowest BCUT2D eigenvalue weighted by atomic mass is 9.95. The van der Waals surface area contributed by atoms with Gasteiger partial charge in [0, 0.05) is 5.56 Å². The largest absolute Gasteiger partial charge is 0.507 e. The van der Waals surface area contributed by atoms with Crippen molar-refractivity contribution < 1.29 is 33.7 Å². The van der Waals surface area contributed by atoms with Crippen LogP contribution in [0, 0.1) is 6.92 Å². The summed E-state index contributed by atoms with van der Waals surface area (Å²) in [5, 5.41) is 11.5. The van der Waals surface area contributed by atoms with Crippen molar-refractivity contribution in [3.63, 3.8) is 0 Å². The highest BCUT2D eigenvalue weighted by molar-refractivity contribution is 7.17. The van der Waals surface area contributed by atoms with Gasteiger partial charge in [0.25, 0.3) is 5.78 Å². The quantitative estimate of drug-likeness (QED) is 0.105. The first kappa shape index (κ1) is 28.6. The Balaban J connectivity index is 1.86. The predicted molar refractivity (Wildman–Crippen MR) is 152 cm³/mol. The van der Waals surface area contributed by atoms with Gasteiger partial charge in [-0.25, -0.2) is 9.78 Å². The molecule has 0 saturated carbocycles. The molecule has 2 aromatic carbocycles. The lowest BCUT2D eigenvalue weighted by molar-refractivity contribution is -0.132. The Kier molecular flexibility index (Phi) is 9.00. The first-order valence-corrected chi connectivity index (χ1v) is 13.6. The number of carbonyl (C=O) groups excluding carboxylic acids is 3. The van der Waals surface area contributed by atoms with E-state index in [1.54, 1.807) is 55.5 Å². The van der Waals surface area contributed by atoms with Gasteiger partial charge >= 0.3 is 11.9 Å². The highest BCUT2D eigenvalue weighted by atomic mass is 32.1. The van der Waals surface area contributed by atoms with Gasteiger partial charge in [0.2, 0.25) is 0 Å². The third kappa shape index (κ3) is 5.76. The second-order valence-corrected chi connectivity index (χ2v) is 9.82. The SMILES string of the molecule is C=CCOC(=O)c1sc(N2C(=O)C(=O)C(=C(O)c3ccc(OCC)cc3)C2c2cccc(OCCC)c2)nc1C. The Bertz CT molecular complexity index is 1460. The van der Waals surface area contributed by atoms with Crippen LogP contribution in [0.15, 0.2) is 66.8 Å². The van der Waals surface area contributed by atoms with Gasteiger partial charge in [-0.3, -0.25) is 14.5 Å². The van der Waals surface area contributed by atoms with E-state index in [1.807, 2.05) is 13.8 Å². The van der Waals surface area contributed by atoms with Crippen molar-refractivity contribution in [3.05, 3.63) is 88.5 Å². The number of anilines is 1. The zero-order valence-corrected chi connectivity index (χ0v) is 23.3. The number of hydrogen-bond acceptors (Lipinski definition) is 9. The second kappa shape index (κ2) is 12.6. The number of ether oxygens (including phenoxy) is 3. The molecule has 10 heteroatoms. The third-order valence-corrected chi connectivity index (χ3v) is 7.18. The molecule has 0 radical (unpaired) electrons. The topological polar surface area (TPSA) is 115 Å². The number of amides is 1. The predicted octanol–water partition coefficient (Wildman–Crippen LogP) is 5.61. The van der Waals surface area contributed by atoms with Gasteiger partial charge in [0.15, 0.2) is 5.13 Å². The summed E-state index contributed by atoms with van der Waals surface area (Å²) in [5.74, 6) is -1.55. The van der Waals surface area contributed by atoms with Crippen molar-refractivity contribution in [2.45, 2.75) is 33.2 Å². The van der Waals surface area contributed by atoms with E-state index in [2.05, 4.69) is 11.6 Å². The van der Waals surface area contributed by atoms with Crippen LogP contribution in [-0.2, 0) is 14.3 Å². The zero-order valence-electron chi connectivity index (χ0n) is 22.5. The van der Waals surface area contributed by atoms with Crippen LogP contribution in [0.2, 0.25) is 0 Å². The van der Waals surface area contributed by atoms with Gasteiger partial charge in [-0.2, -0.15) is 0 Å². The molecule has 0 spiro atoms. The van der Waals surface area contributed by atoms with Crippen LogP contribution in [0.3, 0.4) is 0 Å². The number of aliphatic hydroxyl groups excluding tert-OH is 1. The van der Waals surface area contributed by atoms with Crippen LogP contribution in [0.4, 0.5) is 5.13 Å². The maximum absolute atomic E-state index is 13.5. The first-order chi connectivity index (χ1) is 19.3. The fourth-order valence-electron chi connectivity index (χ4n) is 4.25. The number of esters is 1. The fourth-order valence-corrected chi connectivity index (χ4v) is 5.23. The van der Waals surface area contributed by atoms with Crippen LogP contribution < -0.4 is 14.4 Å². The fraction of sp³-hybridized carbons (Fsp3) is 0.267. The molecule has 4 rings (SSSR count). The minimum Gasteiger partial charge on any atom is -0.507 e. The van der Waals surface area contributed by atoms with Crippen molar-refractivity contribution in [2.24, 2.45) is 0 Å². The molecular formula is C30H30N2O7S. The Morgan fingerprint density at radius 2 is 1.88 bits per heavy atom. The number of thiazole rings is 1. The highest BCUT2D eigenvalue weighted by Gasteiger charge is 2.48. The van der Waals surface area contributed by atoms with Crippen molar-refractivity contribution in [3.8, 4) is 11.5 Å². The molecule has 40 heavy (non-hydrogen) atoms. The van der Waals surface area contributed by atoms with Gasteiger partial charge in [-0.1, -0.05) is 43.0 Å². The van der Waals surface area contributed by atoms with Gasteiger partial charge < -0.3 is 19.3 Å². The lowest BCUT2D eigenvalue weighted by Gasteiger charge is -2.23. The first-order valence-electron chi connectivity index (χ1n) is 12.8. The molecule has 1 atom stereocenters. The summed E-state index contributed by atoms with van der Waals surface area (Å²) in [6.45, 7) is 9.98. The maximum Gasteiger partial charge on any atom is 0.350 e. The Morgan fingerprint density at radius 1 is 1.12 bits per heavy atom. The standard InChI is InChI=1S/C30H30N2O7S/c1-5-15-38-22-10-8-9-20(17-22)24-23(25(33)19-11-13-21(14-12-19)37-7-3)26(34)28(35)32(24)30-31-18(4)27(40-30)29(36)39-16-6-2/h6,8-14,17,24,33H,2,5,7,15-16H2,1,3-4H3. The molecule has 2 heterocycles. The minimum absolute atomic E-state index is 0.0165. The van der Waals surface area contributed by atoms with Gasteiger partial charge in [-0.15, -0.1) is 0 Å². The molecule has 208 valence electrons. The Morgan fingerprint density at radius 3 is 2.55 bits per heavy atom. The molecule has 1 aliphatic heterocycles. The molecule has 1 saturated heterocycles.